The van der Waals surface area contributed by atoms with Crippen molar-refractivity contribution in [3.8, 4) is 23.7 Å². The molecule has 0 saturated carbocycles. The highest BCUT2D eigenvalue weighted by Crippen LogP contribution is 2.21. The molecule has 0 radical (unpaired) electrons. The number of hydrogen-bond donors (Lipinski definition) is 2. The van der Waals surface area contributed by atoms with Crippen LogP contribution in [0, 0.1) is 23.7 Å². The fourth-order valence-corrected chi connectivity index (χ4v) is 1.32. The molecule has 0 spiro atoms. The Morgan fingerprint density at radius 2 is 1.20 bits per heavy atom. The summed E-state index contributed by atoms with van der Waals surface area (Å²) in [5, 5.41) is 20.0. The third kappa shape index (κ3) is 3.27. The maximum atomic E-state index is 9.99. The Balaban J connectivity index is 2.94. The molecule has 0 aromatic rings. The zero-order valence-corrected chi connectivity index (χ0v) is 9.43. The van der Waals surface area contributed by atoms with Crippen LogP contribution < -0.4 is 0 Å². The van der Waals surface area contributed by atoms with Crippen LogP contribution in [-0.2, 0) is 0 Å². The van der Waals surface area contributed by atoms with Gasteiger partial charge in [-0.05, 0) is 26.7 Å². The van der Waals surface area contributed by atoms with E-state index >= 15 is 0 Å². The van der Waals surface area contributed by atoms with Gasteiger partial charge in [0.1, 0.15) is 0 Å². The third-order valence-corrected chi connectivity index (χ3v) is 2.72. The van der Waals surface area contributed by atoms with Gasteiger partial charge in [-0.1, -0.05) is 18.3 Å². The standard InChI is InChI=1S/C13H18O2/c1-12(14)10-8-6-4-3-5-7-9-11-13(12,2)15/h14-15H,3-7H2,1-2H3. The summed E-state index contributed by atoms with van der Waals surface area (Å²) in [6.45, 7) is 3.01. The van der Waals surface area contributed by atoms with Crippen LogP contribution >= 0.6 is 0 Å². The van der Waals surface area contributed by atoms with Crippen molar-refractivity contribution >= 4 is 0 Å². The lowest BCUT2D eigenvalue weighted by atomic mass is 9.87. The lowest BCUT2D eigenvalue weighted by Gasteiger charge is -2.29. The topological polar surface area (TPSA) is 40.5 Å². The normalized spacial score (nSPS) is 36.5. The molecule has 1 aliphatic rings. The van der Waals surface area contributed by atoms with Gasteiger partial charge in [-0.25, -0.2) is 0 Å². The molecule has 2 nitrogen and oxygen atoms in total. The van der Waals surface area contributed by atoms with Crippen LogP contribution in [0.25, 0.3) is 0 Å². The van der Waals surface area contributed by atoms with E-state index in [4.69, 9.17) is 0 Å². The Kier molecular flexibility index (Phi) is 3.80. The van der Waals surface area contributed by atoms with Gasteiger partial charge in [-0.2, -0.15) is 0 Å². The second-order valence-electron chi connectivity index (χ2n) is 4.31. The smallest absolute Gasteiger partial charge is 0.162 e. The SMILES string of the molecule is CC1(O)C#CCCCCCC#CC1(C)O. The molecule has 2 unspecified atom stereocenters. The molecule has 0 aromatic carbocycles. The van der Waals surface area contributed by atoms with Gasteiger partial charge in [0.05, 0.1) is 0 Å². The minimum atomic E-state index is -1.45. The minimum Gasteiger partial charge on any atom is -0.374 e. The number of aliphatic hydroxyl groups is 2. The summed E-state index contributed by atoms with van der Waals surface area (Å²) in [5.74, 6) is 11.2. The minimum absolute atomic E-state index is 0.770. The van der Waals surface area contributed by atoms with Gasteiger partial charge < -0.3 is 10.2 Å². The van der Waals surface area contributed by atoms with E-state index in [9.17, 15) is 10.2 Å². The van der Waals surface area contributed by atoms with Gasteiger partial charge in [0.2, 0.25) is 0 Å². The van der Waals surface area contributed by atoms with Crippen molar-refractivity contribution in [1.82, 2.24) is 0 Å². The molecule has 1 rings (SSSR count). The van der Waals surface area contributed by atoms with Crippen LogP contribution in [0.4, 0.5) is 0 Å². The molecule has 2 N–H and O–H groups in total. The Labute approximate surface area is 91.7 Å². The van der Waals surface area contributed by atoms with Crippen molar-refractivity contribution in [2.45, 2.75) is 57.2 Å². The molecular formula is C13H18O2. The van der Waals surface area contributed by atoms with E-state index < -0.39 is 11.2 Å². The molecule has 0 aliphatic heterocycles. The Hall–Kier alpha value is -0.960. The van der Waals surface area contributed by atoms with E-state index in [0.29, 0.717) is 0 Å². The molecule has 0 amide bonds. The average Bonchev–Trinajstić information content (AvgIpc) is 2.15. The van der Waals surface area contributed by atoms with E-state index in [2.05, 4.69) is 23.7 Å². The summed E-state index contributed by atoms with van der Waals surface area (Å²) in [6.07, 6.45) is 4.71. The fourth-order valence-electron chi connectivity index (χ4n) is 1.32. The lowest BCUT2D eigenvalue weighted by molar-refractivity contribution is -0.0553. The van der Waals surface area contributed by atoms with Crippen LogP contribution in [0.3, 0.4) is 0 Å². The lowest BCUT2D eigenvalue weighted by Crippen LogP contribution is -2.47. The van der Waals surface area contributed by atoms with Crippen LogP contribution in [0.5, 0.6) is 0 Å². The molecule has 2 heteroatoms. The molecule has 15 heavy (non-hydrogen) atoms. The second-order valence-corrected chi connectivity index (χ2v) is 4.31. The highest BCUT2D eigenvalue weighted by atomic mass is 16.3. The van der Waals surface area contributed by atoms with E-state index in [1.165, 1.54) is 13.8 Å². The first-order chi connectivity index (χ1) is 6.96. The predicted octanol–water partition coefficient (Wildman–Crippen LogP) is 1.46. The summed E-state index contributed by atoms with van der Waals surface area (Å²) in [5.41, 5.74) is -2.91. The Morgan fingerprint density at radius 3 is 1.60 bits per heavy atom. The van der Waals surface area contributed by atoms with Crippen molar-refractivity contribution in [3.05, 3.63) is 0 Å². The van der Waals surface area contributed by atoms with Crippen LogP contribution in [0.1, 0.15) is 46.0 Å². The van der Waals surface area contributed by atoms with E-state index in [0.717, 1.165) is 32.1 Å². The summed E-state index contributed by atoms with van der Waals surface area (Å²) in [7, 11) is 0. The first-order valence-electron chi connectivity index (χ1n) is 5.40. The zero-order chi connectivity index (χ0) is 11.4. The van der Waals surface area contributed by atoms with Crippen molar-refractivity contribution in [2.24, 2.45) is 0 Å². The summed E-state index contributed by atoms with van der Waals surface area (Å²) >= 11 is 0. The molecule has 82 valence electrons. The monoisotopic (exact) mass is 206 g/mol. The Morgan fingerprint density at radius 1 is 0.800 bits per heavy atom. The average molecular weight is 206 g/mol. The van der Waals surface area contributed by atoms with E-state index in [1.807, 2.05) is 0 Å². The molecule has 1 aliphatic carbocycles. The first-order valence-corrected chi connectivity index (χ1v) is 5.40. The maximum Gasteiger partial charge on any atom is 0.162 e. The van der Waals surface area contributed by atoms with Gasteiger partial charge >= 0.3 is 0 Å². The molecule has 0 bridgehead atoms. The quantitative estimate of drug-likeness (QED) is 0.589. The van der Waals surface area contributed by atoms with Gasteiger partial charge in [-0.3, -0.25) is 0 Å². The van der Waals surface area contributed by atoms with Crippen molar-refractivity contribution in [3.63, 3.8) is 0 Å². The van der Waals surface area contributed by atoms with Crippen LogP contribution in [0.2, 0.25) is 0 Å². The van der Waals surface area contributed by atoms with Gasteiger partial charge in [0, 0.05) is 12.8 Å². The second kappa shape index (κ2) is 4.71. The van der Waals surface area contributed by atoms with Crippen LogP contribution in [-0.4, -0.2) is 21.4 Å². The zero-order valence-electron chi connectivity index (χ0n) is 9.43. The molecule has 0 saturated heterocycles. The first kappa shape index (κ1) is 12.1. The molecule has 0 fully saturated rings. The molecule has 2 atom stereocenters. The summed E-state index contributed by atoms with van der Waals surface area (Å²) < 4.78 is 0. The van der Waals surface area contributed by atoms with Crippen molar-refractivity contribution < 1.29 is 10.2 Å². The molecule has 0 aromatic heterocycles. The van der Waals surface area contributed by atoms with E-state index in [1.54, 1.807) is 0 Å². The van der Waals surface area contributed by atoms with Gasteiger partial charge in [0.25, 0.3) is 0 Å². The number of rotatable bonds is 0. The van der Waals surface area contributed by atoms with E-state index in [-0.39, 0.29) is 0 Å². The fraction of sp³-hybridized carbons (Fsp3) is 0.692. The maximum absolute atomic E-state index is 9.99. The number of hydrogen-bond acceptors (Lipinski definition) is 2. The summed E-state index contributed by atoms with van der Waals surface area (Å²) in [4.78, 5) is 0. The Bertz CT molecular complexity index is 297. The molecular weight excluding hydrogens is 188 g/mol. The molecule has 0 heterocycles. The van der Waals surface area contributed by atoms with Crippen molar-refractivity contribution in [1.29, 1.82) is 0 Å². The predicted molar refractivity (Wildman–Crippen MR) is 59.9 cm³/mol. The highest BCUT2D eigenvalue weighted by molar-refractivity contribution is 5.28. The summed E-state index contributed by atoms with van der Waals surface area (Å²) in [6, 6.07) is 0. The highest BCUT2D eigenvalue weighted by Gasteiger charge is 2.39. The largest absolute Gasteiger partial charge is 0.374 e. The third-order valence-electron chi connectivity index (χ3n) is 2.72. The van der Waals surface area contributed by atoms with Crippen molar-refractivity contribution in [2.75, 3.05) is 0 Å². The van der Waals surface area contributed by atoms with Gasteiger partial charge in [0.15, 0.2) is 11.2 Å². The van der Waals surface area contributed by atoms with Crippen LogP contribution in [0.15, 0.2) is 0 Å². The van der Waals surface area contributed by atoms with Gasteiger partial charge in [-0.15, -0.1) is 11.8 Å².